The fraction of sp³-hybridized carbons (Fsp3) is 0.500. The van der Waals surface area contributed by atoms with Crippen molar-refractivity contribution in [2.24, 2.45) is 5.92 Å². The van der Waals surface area contributed by atoms with Crippen molar-refractivity contribution >= 4 is 5.97 Å². The van der Waals surface area contributed by atoms with Crippen molar-refractivity contribution in [2.45, 2.75) is 32.9 Å². The number of carbonyl (C=O) groups excluding carboxylic acids is 1. The van der Waals surface area contributed by atoms with Gasteiger partial charge < -0.3 is 10.1 Å². The maximum atomic E-state index is 13.0. The Bertz CT molecular complexity index is 384. The second kappa shape index (κ2) is 7.84. The number of benzene rings is 1. The van der Waals surface area contributed by atoms with Gasteiger partial charge in [-0.25, -0.2) is 8.78 Å². The van der Waals surface area contributed by atoms with Gasteiger partial charge in [0.2, 0.25) is 0 Å². The number of rotatable bonds is 7. The molecule has 0 aromatic heterocycles. The van der Waals surface area contributed by atoms with Crippen LogP contribution in [-0.4, -0.2) is 25.0 Å². The first-order valence-corrected chi connectivity index (χ1v) is 6.28. The summed E-state index contributed by atoms with van der Waals surface area (Å²) in [6.45, 7) is 3.59. The summed E-state index contributed by atoms with van der Waals surface area (Å²) in [4.78, 5) is 11.5. The molecule has 106 valence electrons. The number of halogens is 2. The van der Waals surface area contributed by atoms with Gasteiger partial charge in [0.15, 0.2) is 0 Å². The molecule has 0 saturated heterocycles. The predicted molar refractivity (Wildman–Crippen MR) is 68.9 cm³/mol. The van der Waals surface area contributed by atoms with Crippen LogP contribution in [-0.2, 0) is 16.1 Å². The highest BCUT2D eigenvalue weighted by molar-refractivity contribution is 5.72. The first kappa shape index (κ1) is 15.6. The Hall–Kier alpha value is -1.49. The molecule has 1 aromatic rings. The highest BCUT2D eigenvalue weighted by Gasteiger charge is 2.31. The predicted octanol–water partition coefficient (Wildman–Crippen LogP) is 2.61. The van der Waals surface area contributed by atoms with E-state index in [1.54, 1.807) is 6.92 Å². The highest BCUT2D eigenvalue weighted by atomic mass is 19.3. The summed E-state index contributed by atoms with van der Waals surface area (Å²) in [5.74, 6) is -1.49. The molecular weight excluding hydrogens is 252 g/mol. The number of hydrogen-bond acceptors (Lipinski definition) is 3. The molecule has 1 aromatic carbocycles. The molecule has 5 heteroatoms. The van der Waals surface area contributed by atoms with Gasteiger partial charge in [-0.2, -0.15) is 0 Å². The Balaban J connectivity index is 2.60. The fourth-order valence-corrected chi connectivity index (χ4v) is 1.74. The molecule has 0 fully saturated rings. The van der Waals surface area contributed by atoms with Gasteiger partial charge in [-0.05, 0) is 12.5 Å². The average molecular weight is 271 g/mol. The maximum Gasteiger partial charge on any atom is 0.310 e. The topological polar surface area (TPSA) is 38.3 Å². The monoisotopic (exact) mass is 271 g/mol. The Morgan fingerprint density at radius 3 is 2.47 bits per heavy atom. The second-order valence-electron chi connectivity index (χ2n) is 4.27. The minimum atomic E-state index is -2.62. The van der Waals surface area contributed by atoms with Crippen LogP contribution in [0.3, 0.4) is 0 Å². The van der Waals surface area contributed by atoms with E-state index in [1.165, 1.54) is 6.92 Å². The third kappa shape index (κ3) is 4.95. The van der Waals surface area contributed by atoms with Crippen LogP contribution in [0.4, 0.5) is 8.78 Å². The maximum absolute atomic E-state index is 13.0. The molecule has 19 heavy (non-hydrogen) atoms. The third-order valence-electron chi connectivity index (χ3n) is 2.85. The lowest BCUT2D eigenvalue weighted by Gasteiger charge is -2.23. The van der Waals surface area contributed by atoms with Gasteiger partial charge in [0.1, 0.15) is 0 Å². The molecule has 0 aliphatic heterocycles. The first-order chi connectivity index (χ1) is 9.06. The van der Waals surface area contributed by atoms with Gasteiger partial charge in [-0.3, -0.25) is 4.79 Å². The largest absolute Gasteiger partial charge is 0.466 e. The quantitative estimate of drug-likeness (QED) is 0.775. The number of carbonyl (C=O) groups is 1. The molecule has 2 atom stereocenters. The van der Waals surface area contributed by atoms with Gasteiger partial charge in [-0.15, -0.1) is 0 Å². The Labute approximate surface area is 112 Å². The Morgan fingerprint density at radius 2 is 1.95 bits per heavy atom. The van der Waals surface area contributed by atoms with E-state index in [0.29, 0.717) is 6.54 Å². The van der Waals surface area contributed by atoms with Crippen LogP contribution < -0.4 is 5.32 Å². The average Bonchev–Trinajstić information content (AvgIpc) is 2.39. The number of alkyl halides is 2. The number of hydrogen-bond donors (Lipinski definition) is 1. The van der Waals surface area contributed by atoms with Crippen molar-refractivity contribution in [1.29, 1.82) is 0 Å². The normalized spacial score (nSPS) is 14.2. The molecule has 0 saturated carbocycles. The van der Waals surface area contributed by atoms with E-state index in [1.807, 2.05) is 30.3 Å². The Kier molecular flexibility index (Phi) is 6.42. The summed E-state index contributed by atoms with van der Waals surface area (Å²) in [5.41, 5.74) is 0.893. The van der Waals surface area contributed by atoms with Crippen LogP contribution in [0, 0.1) is 5.92 Å². The third-order valence-corrected chi connectivity index (χ3v) is 2.85. The fourth-order valence-electron chi connectivity index (χ4n) is 1.74. The molecular formula is C14H19F2NO2. The van der Waals surface area contributed by atoms with Gasteiger partial charge >= 0.3 is 5.97 Å². The van der Waals surface area contributed by atoms with Crippen molar-refractivity contribution in [3.8, 4) is 0 Å². The minimum absolute atomic E-state index is 0.192. The van der Waals surface area contributed by atoms with Crippen LogP contribution in [0.5, 0.6) is 0 Å². The Morgan fingerprint density at radius 1 is 1.32 bits per heavy atom. The molecule has 1 N–H and O–H groups in total. The molecule has 1 rings (SSSR count). The van der Waals surface area contributed by atoms with Gasteiger partial charge in [-0.1, -0.05) is 37.3 Å². The lowest BCUT2D eigenvalue weighted by Crippen LogP contribution is -2.44. The molecule has 0 radical (unpaired) electrons. The van der Waals surface area contributed by atoms with Crippen molar-refractivity contribution in [3.63, 3.8) is 0 Å². The number of ether oxygens (including phenoxy) is 1. The van der Waals surface area contributed by atoms with Gasteiger partial charge in [0.05, 0.1) is 18.6 Å². The molecule has 0 amide bonds. The summed E-state index contributed by atoms with van der Waals surface area (Å²) >= 11 is 0. The van der Waals surface area contributed by atoms with Crippen LogP contribution in [0.25, 0.3) is 0 Å². The summed E-state index contributed by atoms with van der Waals surface area (Å²) < 4.78 is 30.7. The molecule has 0 unspecified atom stereocenters. The summed E-state index contributed by atoms with van der Waals surface area (Å²) in [6.07, 6.45) is -2.62. The zero-order valence-electron chi connectivity index (χ0n) is 11.1. The summed E-state index contributed by atoms with van der Waals surface area (Å²) in [5, 5.41) is 2.72. The zero-order valence-corrected chi connectivity index (χ0v) is 11.1. The number of nitrogens with one attached hydrogen (secondary N) is 1. The van der Waals surface area contributed by atoms with E-state index >= 15 is 0 Å². The standard InChI is InChI=1S/C14H19F2NO2/c1-3-19-14(18)10(2)12(13(15)16)17-9-11-7-5-4-6-8-11/h4-8,10,12-13,17H,3,9H2,1-2H3/t10-,12-/m0/s1. The van der Waals surface area contributed by atoms with E-state index in [9.17, 15) is 13.6 Å². The highest BCUT2D eigenvalue weighted by Crippen LogP contribution is 2.14. The lowest BCUT2D eigenvalue weighted by molar-refractivity contribution is -0.150. The van der Waals surface area contributed by atoms with E-state index < -0.39 is 24.4 Å². The molecule has 0 spiro atoms. The van der Waals surface area contributed by atoms with Crippen LogP contribution >= 0.6 is 0 Å². The van der Waals surface area contributed by atoms with Crippen molar-refractivity contribution < 1.29 is 18.3 Å². The zero-order chi connectivity index (χ0) is 14.3. The van der Waals surface area contributed by atoms with E-state index in [4.69, 9.17) is 4.74 Å². The molecule has 3 nitrogen and oxygen atoms in total. The number of esters is 1. The molecule has 0 bridgehead atoms. The van der Waals surface area contributed by atoms with Crippen LogP contribution in [0.2, 0.25) is 0 Å². The second-order valence-corrected chi connectivity index (χ2v) is 4.27. The minimum Gasteiger partial charge on any atom is -0.466 e. The summed E-state index contributed by atoms with van der Waals surface area (Å²) in [7, 11) is 0. The van der Waals surface area contributed by atoms with Crippen LogP contribution in [0.15, 0.2) is 30.3 Å². The van der Waals surface area contributed by atoms with Crippen molar-refractivity contribution in [3.05, 3.63) is 35.9 Å². The van der Waals surface area contributed by atoms with E-state index in [2.05, 4.69) is 5.32 Å². The van der Waals surface area contributed by atoms with Crippen LogP contribution in [0.1, 0.15) is 19.4 Å². The first-order valence-electron chi connectivity index (χ1n) is 6.28. The van der Waals surface area contributed by atoms with Gasteiger partial charge in [0.25, 0.3) is 6.43 Å². The van der Waals surface area contributed by atoms with Crippen molar-refractivity contribution in [2.75, 3.05) is 6.61 Å². The smallest absolute Gasteiger partial charge is 0.310 e. The molecule has 0 heterocycles. The molecule has 0 aliphatic carbocycles. The lowest BCUT2D eigenvalue weighted by atomic mass is 10.0. The van der Waals surface area contributed by atoms with Crippen molar-refractivity contribution in [1.82, 2.24) is 5.32 Å². The van der Waals surface area contributed by atoms with Gasteiger partial charge in [0, 0.05) is 6.54 Å². The van der Waals surface area contributed by atoms with E-state index in [-0.39, 0.29) is 6.61 Å². The SMILES string of the molecule is CCOC(=O)[C@@H](C)[C@H](NCc1ccccc1)C(F)F. The van der Waals surface area contributed by atoms with E-state index in [0.717, 1.165) is 5.56 Å². The summed E-state index contributed by atoms with van der Waals surface area (Å²) in [6, 6.07) is 8.00. The molecule has 0 aliphatic rings.